The summed E-state index contributed by atoms with van der Waals surface area (Å²) in [7, 11) is 2.28. The molecule has 2 aromatic carbocycles. The topological polar surface area (TPSA) is 57.5 Å². The number of carbonyl (C=O) groups excluding carboxylic acids is 2. The Hall–Kier alpha value is -3.12. The highest BCUT2D eigenvalue weighted by Gasteiger charge is 2.34. The highest BCUT2D eigenvalue weighted by atomic mass is 35.5. The Morgan fingerprint density at radius 1 is 0.889 bits per heavy atom. The van der Waals surface area contributed by atoms with Crippen LogP contribution in [0.15, 0.2) is 54.6 Å². The molecular formula is C20H15ClFNO4. The quantitative estimate of drug-likeness (QED) is 0.618. The molecule has 0 bridgehead atoms. The maximum Gasteiger partial charge on any atom is 0.343 e. The monoisotopic (exact) mass is 387 g/mol. The molecule has 3 aromatic rings. The van der Waals surface area contributed by atoms with Gasteiger partial charge in [-0.2, -0.15) is 4.39 Å². The Balaban J connectivity index is 2.44. The van der Waals surface area contributed by atoms with Crippen LogP contribution in [0.25, 0.3) is 16.9 Å². The molecule has 0 saturated carbocycles. The number of aromatic nitrogens is 1. The average Bonchev–Trinajstić information content (AvgIpc) is 3.01. The summed E-state index contributed by atoms with van der Waals surface area (Å²) in [6.07, 6.45) is 0. The molecule has 7 heteroatoms. The Bertz CT molecular complexity index is 997. The van der Waals surface area contributed by atoms with Crippen LogP contribution >= 0.6 is 11.6 Å². The van der Waals surface area contributed by atoms with Crippen molar-refractivity contribution in [1.29, 1.82) is 0 Å². The van der Waals surface area contributed by atoms with Gasteiger partial charge >= 0.3 is 11.9 Å². The van der Waals surface area contributed by atoms with Crippen molar-refractivity contribution in [2.75, 3.05) is 14.2 Å². The van der Waals surface area contributed by atoms with Crippen molar-refractivity contribution in [2.45, 2.75) is 0 Å². The van der Waals surface area contributed by atoms with Crippen molar-refractivity contribution in [3.8, 4) is 16.9 Å². The van der Waals surface area contributed by atoms with E-state index in [2.05, 4.69) is 0 Å². The molecule has 0 atom stereocenters. The fourth-order valence-electron chi connectivity index (χ4n) is 2.83. The second-order valence-corrected chi connectivity index (χ2v) is 5.99. The first-order valence-corrected chi connectivity index (χ1v) is 8.29. The van der Waals surface area contributed by atoms with Gasteiger partial charge in [0.15, 0.2) is 0 Å². The van der Waals surface area contributed by atoms with Gasteiger partial charge < -0.3 is 9.47 Å². The highest BCUT2D eigenvalue weighted by molar-refractivity contribution is 6.30. The van der Waals surface area contributed by atoms with E-state index in [-0.39, 0.29) is 11.3 Å². The largest absolute Gasteiger partial charge is 0.465 e. The van der Waals surface area contributed by atoms with Gasteiger partial charge in [0, 0.05) is 10.7 Å². The lowest BCUT2D eigenvalue weighted by Gasteiger charge is -2.11. The molecule has 0 saturated heterocycles. The fourth-order valence-corrected chi connectivity index (χ4v) is 2.96. The molecule has 0 fully saturated rings. The van der Waals surface area contributed by atoms with E-state index >= 15 is 4.39 Å². The molecule has 3 rings (SSSR count). The smallest absolute Gasteiger partial charge is 0.343 e. The first-order chi connectivity index (χ1) is 13.0. The first-order valence-electron chi connectivity index (χ1n) is 7.91. The molecule has 5 nitrogen and oxygen atoms in total. The minimum Gasteiger partial charge on any atom is -0.465 e. The highest BCUT2D eigenvalue weighted by Crippen LogP contribution is 2.35. The predicted molar refractivity (Wildman–Crippen MR) is 98.9 cm³/mol. The van der Waals surface area contributed by atoms with Crippen LogP contribution in [0.3, 0.4) is 0 Å². The lowest BCUT2D eigenvalue weighted by molar-refractivity contribution is 0.0553. The number of ether oxygens (including phenoxy) is 2. The van der Waals surface area contributed by atoms with Gasteiger partial charge in [0.05, 0.1) is 19.9 Å². The molecule has 0 amide bonds. The first kappa shape index (κ1) is 18.7. The molecule has 1 aromatic heterocycles. The van der Waals surface area contributed by atoms with Gasteiger partial charge in [0.25, 0.3) is 0 Å². The van der Waals surface area contributed by atoms with Crippen LogP contribution in [0.4, 0.5) is 4.39 Å². The second-order valence-electron chi connectivity index (χ2n) is 5.55. The van der Waals surface area contributed by atoms with Crippen LogP contribution in [0.2, 0.25) is 5.02 Å². The molecule has 0 aliphatic carbocycles. The molecule has 0 aliphatic heterocycles. The van der Waals surface area contributed by atoms with Crippen LogP contribution < -0.4 is 0 Å². The van der Waals surface area contributed by atoms with Crippen molar-refractivity contribution in [1.82, 2.24) is 4.57 Å². The van der Waals surface area contributed by atoms with Gasteiger partial charge in [-0.25, -0.2) is 9.59 Å². The van der Waals surface area contributed by atoms with Crippen molar-refractivity contribution in [3.63, 3.8) is 0 Å². The summed E-state index contributed by atoms with van der Waals surface area (Å²) in [5.74, 6) is -2.75. The van der Waals surface area contributed by atoms with Crippen molar-refractivity contribution >= 4 is 23.5 Å². The number of nitrogens with zero attached hydrogens (tertiary/aromatic N) is 1. The maximum absolute atomic E-state index is 15.4. The second kappa shape index (κ2) is 7.63. The lowest BCUT2D eigenvalue weighted by Crippen LogP contribution is -2.11. The van der Waals surface area contributed by atoms with E-state index in [0.29, 0.717) is 16.3 Å². The summed E-state index contributed by atoms with van der Waals surface area (Å²) in [5.41, 5.74) is 0.404. The SMILES string of the molecule is COC(=O)c1c(C(=O)OC)c(-c2ccccc2)n(-c2ccc(Cl)cc2)c1F. The van der Waals surface area contributed by atoms with E-state index in [4.69, 9.17) is 21.1 Å². The average molecular weight is 388 g/mol. The minimum atomic E-state index is -0.974. The Kier molecular flexibility index (Phi) is 5.28. The third kappa shape index (κ3) is 3.31. The molecule has 0 unspecified atom stereocenters. The molecule has 0 radical (unpaired) electrons. The summed E-state index contributed by atoms with van der Waals surface area (Å²) in [6.45, 7) is 0. The summed E-state index contributed by atoms with van der Waals surface area (Å²) >= 11 is 5.93. The number of halogens is 2. The van der Waals surface area contributed by atoms with Gasteiger partial charge in [-0.15, -0.1) is 0 Å². The van der Waals surface area contributed by atoms with Crippen LogP contribution in [0, 0.1) is 5.95 Å². The Morgan fingerprint density at radius 2 is 1.44 bits per heavy atom. The molecular weight excluding hydrogens is 373 g/mol. The van der Waals surface area contributed by atoms with E-state index in [9.17, 15) is 9.59 Å². The number of rotatable bonds is 4. The Labute approximate surface area is 159 Å². The molecule has 0 spiro atoms. The molecule has 1 heterocycles. The zero-order valence-corrected chi connectivity index (χ0v) is 15.3. The summed E-state index contributed by atoms with van der Waals surface area (Å²) in [5, 5.41) is 0.467. The van der Waals surface area contributed by atoms with Gasteiger partial charge in [-0.3, -0.25) is 4.57 Å². The normalized spacial score (nSPS) is 10.5. The van der Waals surface area contributed by atoms with Gasteiger partial charge in [0.1, 0.15) is 11.1 Å². The fraction of sp³-hybridized carbons (Fsp3) is 0.100. The maximum atomic E-state index is 15.4. The predicted octanol–water partition coefficient (Wildman–Crippen LogP) is 4.51. The number of carbonyl (C=O) groups is 2. The van der Waals surface area contributed by atoms with Gasteiger partial charge in [-0.1, -0.05) is 41.9 Å². The van der Waals surface area contributed by atoms with Crippen molar-refractivity contribution in [2.24, 2.45) is 0 Å². The summed E-state index contributed by atoms with van der Waals surface area (Å²) in [4.78, 5) is 24.7. The zero-order chi connectivity index (χ0) is 19.6. The Morgan fingerprint density at radius 3 is 2.00 bits per heavy atom. The number of hydrogen-bond donors (Lipinski definition) is 0. The number of esters is 2. The lowest BCUT2D eigenvalue weighted by atomic mass is 10.0. The van der Waals surface area contributed by atoms with E-state index < -0.39 is 23.4 Å². The number of methoxy groups -OCH3 is 2. The van der Waals surface area contributed by atoms with E-state index in [1.807, 2.05) is 0 Å². The third-order valence-electron chi connectivity index (χ3n) is 4.02. The third-order valence-corrected chi connectivity index (χ3v) is 4.28. The van der Waals surface area contributed by atoms with Crippen LogP contribution in [-0.2, 0) is 9.47 Å². The van der Waals surface area contributed by atoms with Crippen molar-refractivity contribution < 1.29 is 23.5 Å². The number of hydrogen-bond acceptors (Lipinski definition) is 4. The van der Waals surface area contributed by atoms with Crippen LogP contribution in [0.1, 0.15) is 20.7 Å². The van der Waals surface area contributed by atoms with Crippen LogP contribution in [0.5, 0.6) is 0 Å². The van der Waals surface area contributed by atoms with Crippen molar-refractivity contribution in [3.05, 3.63) is 76.7 Å². The van der Waals surface area contributed by atoms with E-state index in [1.165, 1.54) is 4.57 Å². The zero-order valence-electron chi connectivity index (χ0n) is 14.5. The van der Waals surface area contributed by atoms with E-state index in [0.717, 1.165) is 14.2 Å². The summed E-state index contributed by atoms with van der Waals surface area (Å²) < 4.78 is 26.1. The molecule has 0 N–H and O–H groups in total. The number of benzene rings is 2. The van der Waals surface area contributed by atoms with Gasteiger partial charge in [-0.05, 0) is 29.8 Å². The minimum absolute atomic E-state index is 0.183. The van der Waals surface area contributed by atoms with Crippen LogP contribution in [-0.4, -0.2) is 30.7 Å². The van der Waals surface area contributed by atoms with E-state index in [1.54, 1.807) is 54.6 Å². The molecule has 0 aliphatic rings. The standard InChI is InChI=1S/C20H15ClFNO4/c1-26-19(24)15-16(20(25)27-2)18(22)23(14-10-8-13(21)9-11-14)17(15)12-6-4-3-5-7-12/h3-11H,1-2H3. The van der Waals surface area contributed by atoms with Gasteiger partial charge in [0.2, 0.25) is 5.95 Å². The molecule has 27 heavy (non-hydrogen) atoms. The summed E-state index contributed by atoms with van der Waals surface area (Å²) in [6, 6.07) is 15.0. The molecule has 138 valence electrons.